The van der Waals surface area contributed by atoms with Crippen LogP contribution in [0.3, 0.4) is 0 Å². The van der Waals surface area contributed by atoms with Crippen molar-refractivity contribution < 1.29 is 9.53 Å². The molecular weight excluding hydrogens is 266 g/mol. The topological polar surface area (TPSA) is 53.9 Å². The number of carbonyl (C=O) groups is 1. The number of benzene rings is 1. The van der Waals surface area contributed by atoms with Gasteiger partial charge >= 0.3 is 6.09 Å². The smallest absolute Gasteiger partial charge is 0.411 e. The summed E-state index contributed by atoms with van der Waals surface area (Å²) in [6.07, 6.45) is 3.31. The minimum Gasteiger partial charge on any atom is -0.450 e. The lowest BCUT2D eigenvalue weighted by Gasteiger charge is -2.33. The van der Waals surface area contributed by atoms with Gasteiger partial charge in [0.05, 0.1) is 6.61 Å². The van der Waals surface area contributed by atoms with Crippen LogP contribution < -0.4 is 10.2 Å². The zero-order valence-corrected chi connectivity index (χ0v) is 12.9. The van der Waals surface area contributed by atoms with Crippen LogP contribution in [0.5, 0.6) is 0 Å². The molecule has 0 unspecified atom stereocenters. The lowest BCUT2D eigenvalue weighted by Crippen LogP contribution is -2.36. The van der Waals surface area contributed by atoms with E-state index in [1.165, 1.54) is 19.3 Å². The van der Waals surface area contributed by atoms with Gasteiger partial charge in [0.25, 0.3) is 0 Å². The number of ether oxygens (including phenoxy) is 1. The molecule has 1 aliphatic carbocycles. The third-order valence-corrected chi connectivity index (χ3v) is 3.82. The molecule has 0 aliphatic heterocycles. The molecule has 0 bridgehead atoms. The summed E-state index contributed by atoms with van der Waals surface area (Å²) in [7, 11) is 3.88. The third-order valence-electron chi connectivity index (χ3n) is 3.82. The zero-order chi connectivity index (χ0) is 15.2. The highest BCUT2D eigenvalue weighted by Gasteiger charge is 2.26. The molecule has 0 spiro atoms. The van der Waals surface area contributed by atoms with E-state index in [4.69, 9.17) is 4.74 Å². The van der Waals surface area contributed by atoms with Crippen molar-refractivity contribution in [3.05, 3.63) is 24.3 Å². The second kappa shape index (κ2) is 7.11. The van der Waals surface area contributed by atoms with Gasteiger partial charge in [0.1, 0.15) is 5.84 Å². The maximum atomic E-state index is 11.4. The normalized spacial score (nSPS) is 15.3. The number of nitrogens with zero attached hydrogens (tertiary/aromatic N) is 2. The summed E-state index contributed by atoms with van der Waals surface area (Å²) in [5, 5.41) is 2.69. The van der Waals surface area contributed by atoms with Crippen LogP contribution in [0.15, 0.2) is 29.3 Å². The fraction of sp³-hybridized carbons (Fsp3) is 0.500. The molecule has 21 heavy (non-hydrogen) atoms. The quantitative estimate of drug-likeness (QED) is 0.681. The van der Waals surface area contributed by atoms with Crippen molar-refractivity contribution in [3.8, 4) is 0 Å². The molecule has 0 heterocycles. The van der Waals surface area contributed by atoms with E-state index in [1.54, 1.807) is 6.92 Å². The van der Waals surface area contributed by atoms with Crippen LogP contribution in [0.4, 0.5) is 16.2 Å². The summed E-state index contributed by atoms with van der Waals surface area (Å²) in [5.74, 6) is 1.71. The van der Waals surface area contributed by atoms with Gasteiger partial charge < -0.3 is 9.64 Å². The van der Waals surface area contributed by atoms with Gasteiger partial charge in [0.2, 0.25) is 0 Å². The molecule has 1 N–H and O–H groups in total. The predicted octanol–water partition coefficient (Wildman–Crippen LogP) is 3.52. The van der Waals surface area contributed by atoms with Crippen LogP contribution in [-0.2, 0) is 4.74 Å². The molecule has 0 radical (unpaired) electrons. The van der Waals surface area contributed by atoms with Gasteiger partial charge in [-0.05, 0) is 44.0 Å². The Kier molecular flexibility index (Phi) is 5.20. The number of hydrogen-bond donors (Lipinski definition) is 1. The molecule has 1 fully saturated rings. The van der Waals surface area contributed by atoms with Crippen molar-refractivity contribution in [3.63, 3.8) is 0 Å². The first-order valence-electron chi connectivity index (χ1n) is 7.40. The average molecular weight is 289 g/mol. The minimum absolute atomic E-state index is 0.365. The summed E-state index contributed by atoms with van der Waals surface area (Å²) in [4.78, 5) is 17.9. The first kappa shape index (κ1) is 15.4. The molecular formula is C16H23N3O2. The van der Waals surface area contributed by atoms with Crippen LogP contribution in [0.25, 0.3) is 0 Å². The predicted molar refractivity (Wildman–Crippen MR) is 86.2 cm³/mol. The van der Waals surface area contributed by atoms with Crippen molar-refractivity contribution in [2.24, 2.45) is 10.9 Å². The van der Waals surface area contributed by atoms with Crippen LogP contribution in [0, 0.1) is 5.92 Å². The lowest BCUT2D eigenvalue weighted by atomic mass is 9.84. The Hall–Kier alpha value is -2.04. The van der Waals surface area contributed by atoms with E-state index in [9.17, 15) is 4.79 Å². The van der Waals surface area contributed by atoms with Crippen molar-refractivity contribution in [1.29, 1.82) is 0 Å². The second-order valence-electron chi connectivity index (χ2n) is 5.16. The fourth-order valence-corrected chi connectivity index (χ4v) is 2.46. The van der Waals surface area contributed by atoms with Crippen molar-refractivity contribution in [2.45, 2.75) is 26.2 Å². The Balaban J connectivity index is 2.02. The van der Waals surface area contributed by atoms with Gasteiger partial charge in [-0.15, -0.1) is 0 Å². The fourth-order valence-electron chi connectivity index (χ4n) is 2.46. The SMILES string of the molecule is CCOC(=O)Nc1ccc(N(C)C(=NC)C2CCC2)cc1. The van der Waals surface area contributed by atoms with Crippen molar-refractivity contribution >= 4 is 23.3 Å². The average Bonchev–Trinajstić information content (AvgIpc) is 2.43. The number of amidine groups is 1. The molecule has 0 atom stereocenters. The Labute approximate surface area is 126 Å². The highest BCUT2D eigenvalue weighted by molar-refractivity contribution is 5.99. The van der Waals surface area contributed by atoms with Crippen LogP contribution in [0.1, 0.15) is 26.2 Å². The maximum Gasteiger partial charge on any atom is 0.411 e. The highest BCUT2D eigenvalue weighted by Crippen LogP contribution is 2.30. The largest absolute Gasteiger partial charge is 0.450 e. The molecule has 0 aromatic heterocycles. The molecule has 0 saturated heterocycles. The van der Waals surface area contributed by atoms with E-state index in [0.717, 1.165) is 17.2 Å². The number of nitrogens with one attached hydrogen (secondary N) is 1. The van der Waals surface area contributed by atoms with Crippen molar-refractivity contribution in [1.82, 2.24) is 0 Å². The van der Waals surface area contributed by atoms with Gasteiger partial charge in [-0.2, -0.15) is 0 Å². The molecule has 114 valence electrons. The molecule has 5 nitrogen and oxygen atoms in total. The summed E-state index contributed by atoms with van der Waals surface area (Å²) in [5.41, 5.74) is 1.79. The highest BCUT2D eigenvalue weighted by atomic mass is 16.5. The van der Waals surface area contributed by atoms with Gasteiger partial charge in [-0.25, -0.2) is 4.79 Å². The third kappa shape index (κ3) is 3.74. The first-order chi connectivity index (χ1) is 10.2. The molecule has 2 rings (SSSR count). The molecule has 1 saturated carbocycles. The number of aliphatic imine (C=N–C) groups is 1. The van der Waals surface area contributed by atoms with Crippen LogP contribution in [-0.4, -0.2) is 32.6 Å². The molecule has 1 aliphatic rings. The summed E-state index contributed by atoms with van der Waals surface area (Å²) in [6.45, 7) is 2.15. The molecule has 5 heteroatoms. The zero-order valence-electron chi connectivity index (χ0n) is 12.9. The summed E-state index contributed by atoms with van der Waals surface area (Å²) in [6, 6.07) is 7.70. The maximum absolute atomic E-state index is 11.4. The monoisotopic (exact) mass is 289 g/mol. The van der Waals surface area contributed by atoms with Crippen LogP contribution in [0.2, 0.25) is 0 Å². The Morgan fingerprint density at radius 2 is 2.05 bits per heavy atom. The van der Waals surface area contributed by atoms with E-state index >= 15 is 0 Å². The second-order valence-corrected chi connectivity index (χ2v) is 5.16. The van der Waals surface area contributed by atoms with E-state index in [2.05, 4.69) is 15.2 Å². The number of hydrogen-bond acceptors (Lipinski definition) is 3. The lowest BCUT2D eigenvalue weighted by molar-refractivity contribution is 0.168. The van der Waals surface area contributed by atoms with Crippen LogP contribution >= 0.6 is 0 Å². The Morgan fingerprint density at radius 3 is 2.52 bits per heavy atom. The number of rotatable bonds is 4. The molecule has 1 aromatic rings. The summed E-state index contributed by atoms with van der Waals surface area (Å²) < 4.78 is 4.85. The van der Waals surface area contributed by atoms with Gasteiger partial charge in [-0.3, -0.25) is 10.3 Å². The molecule has 1 amide bonds. The first-order valence-corrected chi connectivity index (χ1v) is 7.40. The Morgan fingerprint density at radius 1 is 1.38 bits per heavy atom. The summed E-state index contributed by atoms with van der Waals surface area (Å²) >= 11 is 0. The molecule has 1 aromatic carbocycles. The number of amides is 1. The van der Waals surface area contributed by atoms with E-state index in [-0.39, 0.29) is 0 Å². The van der Waals surface area contributed by atoms with E-state index in [1.807, 2.05) is 38.4 Å². The van der Waals surface area contributed by atoms with E-state index in [0.29, 0.717) is 12.5 Å². The van der Waals surface area contributed by atoms with Gasteiger partial charge in [0.15, 0.2) is 0 Å². The minimum atomic E-state index is -0.427. The Bertz CT molecular complexity index is 507. The van der Waals surface area contributed by atoms with E-state index < -0.39 is 6.09 Å². The number of anilines is 2. The standard InChI is InChI=1S/C16H23N3O2/c1-4-21-16(20)18-13-8-10-14(11-9-13)19(3)15(17-2)12-6-5-7-12/h8-12H,4-7H2,1-3H3,(H,18,20). The van der Waals surface area contributed by atoms with Gasteiger partial charge in [0, 0.05) is 31.4 Å². The van der Waals surface area contributed by atoms with Crippen molar-refractivity contribution in [2.75, 3.05) is 30.9 Å². The number of carbonyl (C=O) groups excluding carboxylic acids is 1. The van der Waals surface area contributed by atoms with Gasteiger partial charge in [-0.1, -0.05) is 6.42 Å².